The van der Waals surface area contributed by atoms with Gasteiger partial charge in [0, 0.05) is 18.4 Å². The molecule has 4 heteroatoms. The number of benzene rings is 2. The number of hydrogen-bond acceptors (Lipinski definition) is 4. The molecule has 2 aromatic carbocycles. The largest absolute Gasteiger partial charge is 0.496 e. The minimum atomic E-state index is -0.0814. The average Bonchev–Trinajstić information content (AvgIpc) is 2.65. The highest BCUT2D eigenvalue weighted by atomic mass is 16.5. The Bertz CT molecular complexity index is 764. The normalized spacial score (nSPS) is 12.9. The lowest BCUT2D eigenvalue weighted by atomic mass is 9.97. The van der Waals surface area contributed by atoms with Crippen molar-refractivity contribution in [3.63, 3.8) is 0 Å². The van der Waals surface area contributed by atoms with Crippen molar-refractivity contribution in [2.75, 3.05) is 13.7 Å². The number of hydrogen-bond donors (Lipinski definition) is 0. The van der Waals surface area contributed by atoms with Crippen LogP contribution in [-0.4, -0.2) is 25.3 Å². The van der Waals surface area contributed by atoms with E-state index in [1.165, 1.54) is 7.11 Å². The maximum absolute atomic E-state index is 12.4. The minimum Gasteiger partial charge on any atom is -0.496 e. The molecule has 2 aromatic rings. The molecule has 0 unspecified atom stereocenters. The summed E-state index contributed by atoms with van der Waals surface area (Å²) in [7, 11) is 1.53. The van der Waals surface area contributed by atoms with E-state index in [1.54, 1.807) is 24.3 Å². The maximum atomic E-state index is 12.4. The van der Waals surface area contributed by atoms with Crippen LogP contribution < -0.4 is 9.47 Å². The Hall–Kier alpha value is -2.62. The number of methoxy groups -OCH3 is 1. The Morgan fingerprint density at radius 1 is 1.08 bits per heavy atom. The van der Waals surface area contributed by atoms with E-state index in [0.29, 0.717) is 16.9 Å². The molecule has 0 radical (unpaired) electrons. The van der Waals surface area contributed by atoms with Crippen molar-refractivity contribution < 1.29 is 19.1 Å². The molecule has 1 aliphatic rings. The van der Waals surface area contributed by atoms with Gasteiger partial charge in [-0.05, 0) is 48.7 Å². The number of rotatable bonds is 6. The van der Waals surface area contributed by atoms with Gasteiger partial charge in [-0.25, -0.2) is 0 Å². The molecule has 0 saturated heterocycles. The first-order valence-electron chi connectivity index (χ1n) is 8.14. The maximum Gasteiger partial charge on any atom is 0.167 e. The quantitative estimate of drug-likeness (QED) is 0.757. The van der Waals surface area contributed by atoms with Crippen LogP contribution in [0, 0.1) is 0 Å². The van der Waals surface area contributed by atoms with Crippen LogP contribution >= 0.6 is 0 Å². The molecule has 0 fully saturated rings. The zero-order valence-electron chi connectivity index (χ0n) is 13.7. The van der Waals surface area contributed by atoms with Crippen molar-refractivity contribution in [1.29, 1.82) is 0 Å². The first kappa shape index (κ1) is 16.2. The summed E-state index contributed by atoms with van der Waals surface area (Å²) in [5, 5.41) is 0. The zero-order chi connectivity index (χ0) is 16.9. The number of ketones is 2. The highest BCUT2D eigenvalue weighted by Crippen LogP contribution is 2.26. The molecular weight excluding hydrogens is 304 g/mol. The molecule has 0 aromatic heterocycles. The molecule has 124 valence electrons. The number of fused-ring (bicyclic) bond motifs is 1. The second-order valence-electron chi connectivity index (χ2n) is 5.82. The molecule has 0 bridgehead atoms. The summed E-state index contributed by atoms with van der Waals surface area (Å²) < 4.78 is 10.8. The van der Waals surface area contributed by atoms with E-state index in [-0.39, 0.29) is 24.4 Å². The van der Waals surface area contributed by atoms with Crippen molar-refractivity contribution in [3.05, 3.63) is 59.2 Å². The molecule has 1 aliphatic heterocycles. The first-order valence-corrected chi connectivity index (χ1v) is 8.14. The Morgan fingerprint density at radius 3 is 2.71 bits per heavy atom. The van der Waals surface area contributed by atoms with Gasteiger partial charge < -0.3 is 9.47 Å². The van der Waals surface area contributed by atoms with Gasteiger partial charge in [0.15, 0.2) is 11.6 Å². The third-order valence-corrected chi connectivity index (χ3v) is 4.22. The number of para-hydroxylation sites is 1. The van der Waals surface area contributed by atoms with E-state index in [9.17, 15) is 9.59 Å². The van der Waals surface area contributed by atoms with E-state index >= 15 is 0 Å². The lowest BCUT2D eigenvalue weighted by Crippen LogP contribution is -2.10. The Balaban J connectivity index is 1.66. The van der Waals surface area contributed by atoms with E-state index in [0.717, 1.165) is 30.8 Å². The number of ether oxygens (including phenoxy) is 2. The number of carbonyl (C=O) groups is 2. The van der Waals surface area contributed by atoms with Gasteiger partial charge in [-0.2, -0.15) is 0 Å². The van der Waals surface area contributed by atoms with Crippen LogP contribution in [0.3, 0.4) is 0 Å². The smallest absolute Gasteiger partial charge is 0.167 e. The summed E-state index contributed by atoms with van der Waals surface area (Å²) in [5.74, 6) is 1.30. The van der Waals surface area contributed by atoms with E-state index in [2.05, 4.69) is 0 Å². The third kappa shape index (κ3) is 3.48. The van der Waals surface area contributed by atoms with Gasteiger partial charge in [0.05, 0.1) is 19.3 Å². The predicted octanol–water partition coefficient (Wildman–Crippen LogP) is 3.87. The van der Waals surface area contributed by atoms with Crippen LogP contribution in [0.15, 0.2) is 42.5 Å². The Kier molecular flexibility index (Phi) is 4.94. The van der Waals surface area contributed by atoms with Gasteiger partial charge in [-0.1, -0.05) is 12.1 Å². The van der Waals surface area contributed by atoms with E-state index < -0.39 is 0 Å². The molecular formula is C20H20O4. The molecule has 4 nitrogen and oxygen atoms in total. The fourth-order valence-electron chi connectivity index (χ4n) is 2.91. The highest BCUT2D eigenvalue weighted by molar-refractivity contribution is 6.03. The molecule has 0 aliphatic carbocycles. The monoisotopic (exact) mass is 324 g/mol. The first-order chi connectivity index (χ1) is 11.7. The van der Waals surface area contributed by atoms with Gasteiger partial charge in [-0.3, -0.25) is 9.59 Å². The summed E-state index contributed by atoms with van der Waals surface area (Å²) in [6, 6.07) is 12.6. The number of Topliss-reactive ketones (excluding diaryl/α,β-unsaturated/α-hetero) is 2. The standard InChI is InChI=1S/C20H20O4/c1-23-20-7-3-2-6-16(20)18(22)10-9-17(21)14-8-11-19-15(13-14)5-4-12-24-19/h2-3,6-8,11,13H,4-5,9-10,12H2,1H3. The molecule has 3 rings (SSSR count). The predicted molar refractivity (Wildman–Crippen MR) is 91.1 cm³/mol. The molecule has 0 spiro atoms. The molecule has 24 heavy (non-hydrogen) atoms. The van der Waals surface area contributed by atoms with Crippen LogP contribution in [0.5, 0.6) is 11.5 Å². The van der Waals surface area contributed by atoms with Crippen molar-refractivity contribution in [2.24, 2.45) is 0 Å². The van der Waals surface area contributed by atoms with Crippen molar-refractivity contribution >= 4 is 11.6 Å². The number of aryl methyl sites for hydroxylation is 1. The molecule has 0 N–H and O–H groups in total. The highest BCUT2D eigenvalue weighted by Gasteiger charge is 2.16. The topological polar surface area (TPSA) is 52.6 Å². The lowest BCUT2D eigenvalue weighted by Gasteiger charge is -2.17. The minimum absolute atomic E-state index is 0.0216. The van der Waals surface area contributed by atoms with Crippen LogP contribution in [0.2, 0.25) is 0 Å². The van der Waals surface area contributed by atoms with Gasteiger partial charge in [0.1, 0.15) is 11.5 Å². The third-order valence-electron chi connectivity index (χ3n) is 4.22. The summed E-state index contributed by atoms with van der Waals surface area (Å²) in [4.78, 5) is 24.7. The summed E-state index contributed by atoms with van der Waals surface area (Å²) in [5.41, 5.74) is 2.24. The molecule has 0 atom stereocenters. The van der Waals surface area contributed by atoms with Crippen molar-refractivity contribution in [1.82, 2.24) is 0 Å². The van der Waals surface area contributed by atoms with Gasteiger partial charge in [0.25, 0.3) is 0 Å². The average molecular weight is 324 g/mol. The van der Waals surface area contributed by atoms with Crippen LogP contribution in [0.25, 0.3) is 0 Å². The molecule has 1 heterocycles. The molecule has 0 saturated carbocycles. The Labute approximate surface area is 141 Å². The van der Waals surface area contributed by atoms with Gasteiger partial charge >= 0.3 is 0 Å². The number of carbonyl (C=O) groups excluding carboxylic acids is 2. The lowest BCUT2D eigenvalue weighted by molar-refractivity contribution is 0.0915. The van der Waals surface area contributed by atoms with Crippen LogP contribution in [0.1, 0.15) is 45.5 Å². The van der Waals surface area contributed by atoms with E-state index in [4.69, 9.17) is 9.47 Å². The second kappa shape index (κ2) is 7.30. The van der Waals surface area contributed by atoms with E-state index in [1.807, 2.05) is 18.2 Å². The summed E-state index contributed by atoms with van der Waals surface area (Å²) >= 11 is 0. The fraction of sp³-hybridized carbons (Fsp3) is 0.300. The fourth-order valence-corrected chi connectivity index (χ4v) is 2.91. The Morgan fingerprint density at radius 2 is 1.88 bits per heavy atom. The second-order valence-corrected chi connectivity index (χ2v) is 5.82. The van der Waals surface area contributed by atoms with Gasteiger partial charge in [-0.15, -0.1) is 0 Å². The SMILES string of the molecule is COc1ccccc1C(=O)CCC(=O)c1ccc2c(c1)CCCO2. The van der Waals surface area contributed by atoms with Crippen molar-refractivity contribution in [3.8, 4) is 11.5 Å². The summed E-state index contributed by atoms with van der Waals surface area (Å²) in [6.07, 6.45) is 2.26. The van der Waals surface area contributed by atoms with Crippen LogP contribution in [-0.2, 0) is 6.42 Å². The summed E-state index contributed by atoms with van der Waals surface area (Å²) in [6.45, 7) is 0.730. The van der Waals surface area contributed by atoms with Crippen molar-refractivity contribution in [2.45, 2.75) is 25.7 Å². The van der Waals surface area contributed by atoms with Crippen LogP contribution in [0.4, 0.5) is 0 Å². The molecule has 0 amide bonds. The van der Waals surface area contributed by atoms with Gasteiger partial charge in [0.2, 0.25) is 0 Å². The zero-order valence-corrected chi connectivity index (χ0v) is 13.7.